The van der Waals surface area contributed by atoms with Gasteiger partial charge >= 0.3 is 6.09 Å². The van der Waals surface area contributed by atoms with Crippen molar-refractivity contribution in [3.05, 3.63) is 29.3 Å². The van der Waals surface area contributed by atoms with E-state index in [1.54, 1.807) is 0 Å². The molecule has 0 bridgehead atoms. The van der Waals surface area contributed by atoms with E-state index in [9.17, 15) is 4.79 Å². The molecule has 0 N–H and O–H groups in total. The van der Waals surface area contributed by atoms with Gasteiger partial charge in [-0.25, -0.2) is 4.79 Å². The van der Waals surface area contributed by atoms with E-state index in [0.29, 0.717) is 24.4 Å². The Morgan fingerprint density at radius 1 is 1.07 bits per heavy atom. The van der Waals surface area contributed by atoms with E-state index in [1.807, 2.05) is 25.7 Å². The highest BCUT2D eigenvalue weighted by Crippen LogP contribution is 2.41. The maximum absolute atomic E-state index is 12.4. The molecule has 1 saturated heterocycles. The second kappa shape index (κ2) is 10.1. The average Bonchev–Trinajstić information content (AvgIpc) is 2.66. The van der Waals surface area contributed by atoms with Crippen LogP contribution in [0.4, 0.5) is 10.5 Å². The number of carbonyl (C=O) groups excluding carboxylic acids is 1. The van der Waals surface area contributed by atoms with Crippen LogP contribution in [-0.4, -0.2) is 42.8 Å². The molecule has 1 unspecified atom stereocenters. The Kier molecular flexibility index (Phi) is 8.24. The third kappa shape index (κ3) is 6.92. The Balaban J connectivity index is 2.20. The van der Waals surface area contributed by atoms with Crippen molar-refractivity contribution in [2.75, 3.05) is 31.1 Å². The highest BCUT2D eigenvalue weighted by atomic mass is 16.6. The lowest BCUT2D eigenvalue weighted by Crippen LogP contribution is -2.50. The number of nitrogens with zero attached hydrogens (tertiary/aromatic N) is 2. The van der Waals surface area contributed by atoms with Crippen molar-refractivity contribution in [2.45, 2.75) is 92.6 Å². The second-order valence-corrected chi connectivity index (χ2v) is 10.7. The molecule has 0 saturated carbocycles. The Hall–Kier alpha value is -1.71. The van der Waals surface area contributed by atoms with Gasteiger partial charge in [-0.1, -0.05) is 58.2 Å². The van der Waals surface area contributed by atoms with Crippen molar-refractivity contribution >= 4 is 11.8 Å². The molecule has 170 valence electrons. The number of amides is 1. The first-order valence-electron chi connectivity index (χ1n) is 11.8. The molecule has 1 aliphatic heterocycles. The van der Waals surface area contributed by atoms with Gasteiger partial charge in [0.1, 0.15) is 5.60 Å². The van der Waals surface area contributed by atoms with Gasteiger partial charge in [-0.15, -0.1) is 0 Å². The predicted octanol–water partition coefficient (Wildman–Crippen LogP) is 6.76. The van der Waals surface area contributed by atoms with E-state index < -0.39 is 5.60 Å². The fourth-order valence-electron chi connectivity index (χ4n) is 4.27. The van der Waals surface area contributed by atoms with Crippen LogP contribution < -0.4 is 4.90 Å². The molecular formula is C26H44N2O2. The first-order chi connectivity index (χ1) is 14.0. The number of piperazine rings is 1. The summed E-state index contributed by atoms with van der Waals surface area (Å²) in [5.41, 5.74) is 4.07. The number of rotatable bonds is 7. The number of carbonyl (C=O) groups is 1. The monoisotopic (exact) mass is 416 g/mol. The van der Waals surface area contributed by atoms with Crippen molar-refractivity contribution < 1.29 is 9.53 Å². The van der Waals surface area contributed by atoms with Crippen LogP contribution in [0.3, 0.4) is 0 Å². The molecule has 1 amide bonds. The SMILES string of the molecule is CCCC(CC(C)(C)CC)c1cc(C)ccc1N1CCN(C(=O)OC(C)(C)C)CC1. The van der Waals surface area contributed by atoms with Crippen molar-refractivity contribution in [1.29, 1.82) is 0 Å². The topological polar surface area (TPSA) is 32.8 Å². The van der Waals surface area contributed by atoms with Crippen molar-refractivity contribution in [3.8, 4) is 0 Å². The maximum Gasteiger partial charge on any atom is 0.410 e. The van der Waals surface area contributed by atoms with Crippen LogP contribution in [-0.2, 0) is 4.74 Å². The zero-order valence-corrected chi connectivity index (χ0v) is 20.7. The summed E-state index contributed by atoms with van der Waals surface area (Å²) in [6.07, 6.45) is 4.64. The lowest BCUT2D eigenvalue weighted by Gasteiger charge is -2.39. The molecule has 1 heterocycles. The Labute approximate surface area is 185 Å². The smallest absolute Gasteiger partial charge is 0.410 e. The molecule has 1 aromatic carbocycles. The zero-order valence-electron chi connectivity index (χ0n) is 20.7. The van der Waals surface area contributed by atoms with Crippen LogP contribution in [0.2, 0.25) is 0 Å². The number of hydrogen-bond acceptors (Lipinski definition) is 3. The normalized spacial score (nSPS) is 16.5. The average molecular weight is 417 g/mol. The minimum atomic E-state index is -0.447. The third-order valence-electron chi connectivity index (χ3n) is 6.29. The van der Waals surface area contributed by atoms with Gasteiger partial charge in [0.15, 0.2) is 0 Å². The van der Waals surface area contributed by atoms with E-state index in [-0.39, 0.29) is 6.09 Å². The summed E-state index contributed by atoms with van der Waals surface area (Å²) in [7, 11) is 0. The minimum absolute atomic E-state index is 0.195. The number of hydrogen-bond donors (Lipinski definition) is 0. The molecule has 0 aromatic heterocycles. The van der Waals surface area contributed by atoms with Crippen LogP contribution in [0.5, 0.6) is 0 Å². The summed E-state index contributed by atoms with van der Waals surface area (Å²) >= 11 is 0. The summed E-state index contributed by atoms with van der Waals surface area (Å²) in [6, 6.07) is 6.93. The van der Waals surface area contributed by atoms with E-state index in [2.05, 4.69) is 57.7 Å². The molecular weight excluding hydrogens is 372 g/mol. The lowest BCUT2D eigenvalue weighted by atomic mass is 9.76. The van der Waals surface area contributed by atoms with Gasteiger partial charge in [0.05, 0.1) is 0 Å². The van der Waals surface area contributed by atoms with Gasteiger partial charge < -0.3 is 14.5 Å². The second-order valence-electron chi connectivity index (χ2n) is 10.7. The number of aryl methyl sites for hydroxylation is 1. The Morgan fingerprint density at radius 2 is 1.70 bits per heavy atom. The standard InChI is InChI=1S/C26H44N2O2/c1-9-11-21(19-26(7,8)10-2)22-18-20(3)12-13-23(22)27-14-16-28(17-15-27)24(29)30-25(4,5)6/h12-13,18,21H,9-11,14-17,19H2,1-8H3. The van der Waals surface area contributed by atoms with Crippen molar-refractivity contribution in [2.24, 2.45) is 5.41 Å². The summed E-state index contributed by atoms with van der Waals surface area (Å²) in [5, 5.41) is 0. The van der Waals surface area contributed by atoms with Gasteiger partial charge in [-0.05, 0) is 63.5 Å². The predicted molar refractivity (Wildman–Crippen MR) is 128 cm³/mol. The molecule has 1 atom stereocenters. The molecule has 1 aromatic rings. The first kappa shape index (κ1) is 24.6. The molecule has 2 rings (SSSR count). The number of benzene rings is 1. The molecule has 4 nitrogen and oxygen atoms in total. The largest absolute Gasteiger partial charge is 0.444 e. The number of anilines is 1. The van der Waals surface area contributed by atoms with E-state index in [4.69, 9.17) is 4.74 Å². The lowest BCUT2D eigenvalue weighted by molar-refractivity contribution is 0.0240. The summed E-state index contributed by atoms with van der Waals surface area (Å²) in [4.78, 5) is 16.8. The fourth-order valence-corrected chi connectivity index (χ4v) is 4.27. The Bertz CT molecular complexity index is 697. The Morgan fingerprint density at radius 3 is 2.23 bits per heavy atom. The molecule has 1 aliphatic rings. The maximum atomic E-state index is 12.4. The summed E-state index contributed by atoms with van der Waals surface area (Å²) < 4.78 is 5.56. The molecule has 30 heavy (non-hydrogen) atoms. The molecule has 0 spiro atoms. The van der Waals surface area contributed by atoms with Crippen LogP contribution in [0.25, 0.3) is 0 Å². The molecule has 0 radical (unpaired) electrons. The third-order valence-corrected chi connectivity index (χ3v) is 6.29. The van der Waals surface area contributed by atoms with Gasteiger partial charge in [0.2, 0.25) is 0 Å². The van der Waals surface area contributed by atoms with E-state index in [0.717, 1.165) is 13.1 Å². The molecule has 4 heteroatoms. The van der Waals surface area contributed by atoms with Gasteiger partial charge in [0.25, 0.3) is 0 Å². The quantitative estimate of drug-likeness (QED) is 0.492. The van der Waals surface area contributed by atoms with E-state index >= 15 is 0 Å². The summed E-state index contributed by atoms with van der Waals surface area (Å²) in [5.74, 6) is 0.573. The van der Waals surface area contributed by atoms with Gasteiger partial charge in [-0.3, -0.25) is 0 Å². The van der Waals surface area contributed by atoms with Gasteiger partial charge in [0, 0.05) is 31.9 Å². The van der Waals surface area contributed by atoms with Crippen LogP contribution >= 0.6 is 0 Å². The van der Waals surface area contributed by atoms with Crippen molar-refractivity contribution in [1.82, 2.24) is 4.90 Å². The summed E-state index contributed by atoms with van der Waals surface area (Å²) in [6.45, 7) is 20.5. The van der Waals surface area contributed by atoms with Crippen molar-refractivity contribution in [3.63, 3.8) is 0 Å². The molecule has 1 fully saturated rings. The minimum Gasteiger partial charge on any atom is -0.444 e. The fraction of sp³-hybridized carbons (Fsp3) is 0.731. The van der Waals surface area contributed by atoms with Crippen LogP contribution in [0.15, 0.2) is 18.2 Å². The van der Waals surface area contributed by atoms with Crippen LogP contribution in [0.1, 0.15) is 91.2 Å². The van der Waals surface area contributed by atoms with Gasteiger partial charge in [-0.2, -0.15) is 0 Å². The zero-order chi connectivity index (χ0) is 22.5. The van der Waals surface area contributed by atoms with Crippen LogP contribution in [0, 0.1) is 12.3 Å². The number of ether oxygens (including phenoxy) is 1. The first-order valence-corrected chi connectivity index (χ1v) is 11.8. The van der Waals surface area contributed by atoms with E-state index in [1.165, 1.54) is 42.5 Å². The highest BCUT2D eigenvalue weighted by Gasteiger charge is 2.29. The highest BCUT2D eigenvalue weighted by molar-refractivity contribution is 5.69. The molecule has 0 aliphatic carbocycles.